The fourth-order valence-corrected chi connectivity index (χ4v) is 2.63. The Hall–Kier alpha value is -0.850. The molecule has 0 atom stereocenters. The van der Waals surface area contributed by atoms with Crippen LogP contribution in [0.5, 0.6) is 0 Å². The van der Waals surface area contributed by atoms with Gasteiger partial charge in [0.2, 0.25) is 5.91 Å². The van der Waals surface area contributed by atoms with E-state index in [1.807, 2.05) is 12.1 Å². The molecule has 1 aliphatic heterocycles. The highest BCUT2D eigenvalue weighted by atomic mass is 35.5. The van der Waals surface area contributed by atoms with Gasteiger partial charge in [-0.2, -0.15) is 0 Å². The molecular weight excluding hydrogens is 349 g/mol. The lowest BCUT2D eigenvalue weighted by atomic mass is 10.2. The van der Waals surface area contributed by atoms with E-state index in [2.05, 4.69) is 27.7 Å². The Morgan fingerprint density at radius 1 is 1.12 bits per heavy atom. The number of ether oxygens (including phenoxy) is 1. The van der Waals surface area contributed by atoms with Crippen LogP contribution in [0.1, 0.15) is 18.4 Å². The van der Waals surface area contributed by atoms with Crippen LogP contribution in [0.3, 0.4) is 0 Å². The van der Waals surface area contributed by atoms with Gasteiger partial charge in [0.05, 0.1) is 19.8 Å². The van der Waals surface area contributed by atoms with Gasteiger partial charge in [0.15, 0.2) is 0 Å². The zero-order valence-electron chi connectivity index (χ0n) is 13.8. The molecule has 0 spiro atoms. The van der Waals surface area contributed by atoms with Gasteiger partial charge in [0.25, 0.3) is 0 Å². The van der Waals surface area contributed by atoms with Crippen LogP contribution in [0.25, 0.3) is 0 Å². The van der Waals surface area contributed by atoms with Crippen molar-refractivity contribution in [1.82, 2.24) is 10.2 Å². The minimum absolute atomic E-state index is 0. The highest BCUT2D eigenvalue weighted by Gasteiger charge is 2.20. The van der Waals surface area contributed by atoms with E-state index >= 15 is 0 Å². The van der Waals surface area contributed by atoms with Gasteiger partial charge in [-0.3, -0.25) is 9.69 Å². The Morgan fingerprint density at radius 3 is 2.42 bits per heavy atom. The predicted octanol–water partition coefficient (Wildman–Crippen LogP) is 2.30. The summed E-state index contributed by atoms with van der Waals surface area (Å²) in [6, 6.07) is 8.13. The quantitative estimate of drug-likeness (QED) is 0.767. The third-order valence-corrected chi connectivity index (χ3v) is 4.16. The molecule has 1 aromatic rings. The molecule has 0 unspecified atom stereocenters. The minimum atomic E-state index is 0. The van der Waals surface area contributed by atoms with Gasteiger partial charge in [-0.1, -0.05) is 12.1 Å². The highest BCUT2D eigenvalue weighted by Crippen LogP contribution is 2.27. The number of carbonyl (C=O) groups is 1. The van der Waals surface area contributed by atoms with Gasteiger partial charge in [-0.25, -0.2) is 0 Å². The molecule has 1 amide bonds. The van der Waals surface area contributed by atoms with Crippen molar-refractivity contribution in [3.8, 4) is 0 Å². The van der Waals surface area contributed by atoms with Crippen molar-refractivity contribution >= 4 is 36.4 Å². The summed E-state index contributed by atoms with van der Waals surface area (Å²) in [5, 5.41) is 6.13. The molecule has 0 radical (unpaired) electrons. The molecule has 7 heteroatoms. The van der Waals surface area contributed by atoms with Crippen LogP contribution >= 0.6 is 24.8 Å². The van der Waals surface area contributed by atoms with Gasteiger partial charge < -0.3 is 15.4 Å². The number of nitrogens with zero attached hydrogens (tertiary/aromatic N) is 1. The second-order valence-corrected chi connectivity index (χ2v) is 6.21. The van der Waals surface area contributed by atoms with Gasteiger partial charge >= 0.3 is 0 Å². The molecule has 24 heavy (non-hydrogen) atoms. The zero-order valence-corrected chi connectivity index (χ0v) is 15.5. The van der Waals surface area contributed by atoms with Crippen LogP contribution in [-0.2, 0) is 16.1 Å². The number of morpholine rings is 1. The lowest BCUT2D eigenvalue weighted by Crippen LogP contribution is -2.35. The molecular formula is C17H27Cl2N3O2. The van der Waals surface area contributed by atoms with E-state index in [-0.39, 0.29) is 30.7 Å². The summed E-state index contributed by atoms with van der Waals surface area (Å²) >= 11 is 0. The molecule has 2 aliphatic rings. The predicted molar refractivity (Wildman–Crippen MR) is 101 cm³/mol. The van der Waals surface area contributed by atoms with E-state index in [0.717, 1.165) is 51.0 Å². The Morgan fingerprint density at radius 2 is 1.79 bits per heavy atom. The number of hydrogen-bond donors (Lipinski definition) is 2. The van der Waals surface area contributed by atoms with Crippen molar-refractivity contribution in [2.45, 2.75) is 19.4 Å². The summed E-state index contributed by atoms with van der Waals surface area (Å²) in [6.07, 6.45) is 2.61. The number of nitrogens with one attached hydrogen (secondary N) is 2. The maximum atomic E-state index is 11.8. The lowest BCUT2D eigenvalue weighted by molar-refractivity contribution is -0.115. The summed E-state index contributed by atoms with van der Waals surface area (Å²) in [5.41, 5.74) is 2.13. The van der Waals surface area contributed by atoms with E-state index in [0.29, 0.717) is 6.54 Å². The Balaban J connectivity index is 0.00000144. The lowest BCUT2D eigenvalue weighted by Gasteiger charge is -2.26. The van der Waals surface area contributed by atoms with Crippen LogP contribution in [0.15, 0.2) is 24.3 Å². The first-order valence-electron chi connectivity index (χ1n) is 8.19. The molecule has 1 aliphatic carbocycles. The Bertz CT molecular complexity index is 489. The standard InChI is InChI=1S/C17H25N3O2.2ClH/c21-17(12-18-11-14-1-2-14)19-16-5-3-15(4-6-16)13-20-7-9-22-10-8-20;;/h3-6,14,18H,1-2,7-13H2,(H,19,21);2*1H. The van der Waals surface area contributed by atoms with Crippen molar-refractivity contribution < 1.29 is 9.53 Å². The minimum Gasteiger partial charge on any atom is -0.379 e. The molecule has 0 bridgehead atoms. The van der Waals surface area contributed by atoms with Crippen molar-refractivity contribution in [2.75, 3.05) is 44.7 Å². The molecule has 1 saturated heterocycles. The zero-order chi connectivity index (χ0) is 15.2. The first-order valence-corrected chi connectivity index (χ1v) is 8.19. The topological polar surface area (TPSA) is 53.6 Å². The third kappa shape index (κ3) is 7.36. The summed E-state index contributed by atoms with van der Waals surface area (Å²) in [5.74, 6) is 0.828. The first-order chi connectivity index (χ1) is 10.8. The number of anilines is 1. The molecule has 3 rings (SSSR count). The fraction of sp³-hybridized carbons (Fsp3) is 0.588. The van der Waals surface area contributed by atoms with Crippen molar-refractivity contribution in [3.05, 3.63) is 29.8 Å². The summed E-state index contributed by atoms with van der Waals surface area (Å²) in [6.45, 7) is 5.93. The largest absolute Gasteiger partial charge is 0.379 e. The summed E-state index contributed by atoms with van der Waals surface area (Å²) < 4.78 is 5.36. The third-order valence-electron chi connectivity index (χ3n) is 4.16. The van der Waals surface area contributed by atoms with Gasteiger partial charge in [0, 0.05) is 25.3 Å². The monoisotopic (exact) mass is 375 g/mol. The van der Waals surface area contributed by atoms with E-state index in [1.165, 1.54) is 18.4 Å². The van der Waals surface area contributed by atoms with Crippen molar-refractivity contribution in [1.29, 1.82) is 0 Å². The smallest absolute Gasteiger partial charge is 0.238 e. The fourth-order valence-electron chi connectivity index (χ4n) is 2.63. The van der Waals surface area contributed by atoms with E-state index in [4.69, 9.17) is 4.74 Å². The number of rotatable bonds is 7. The van der Waals surface area contributed by atoms with Crippen LogP contribution in [0.2, 0.25) is 0 Å². The second kappa shape index (κ2) is 10.9. The maximum Gasteiger partial charge on any atom is 0.238 e. The normalized spacial score (nSPS) is 17.5. The number of carbonyl (C=O) groups excluding carboxylic acids is 1. The molecule has 1 heterocycles. The van der Waals surface area contributed by atoms with E-state index in [1.54, 1.807) is 0 Å². The summed E-state index contributed by atoms with van der Waals surface area (Å²) in [4.78, 5) is 14.2. The van der Waals surface area contributed by atoms with E-state index < -0.39 is 0 Å². The molecule has 1 saturated carbocycles. The molecule has 2 N–H and O–H groups in total. The Kier molecular flexibility index (Phi) is 9.63. The van der Waals surface area contributed by atoms with E-state index in [9.17, 15) is 4.79 Å². The van der Waals surface area contributed by atoms with Crippen LogP contribution in [0, 0.1) is 5.92 Å². The molecule has 0 aromatic heterocycles. The second-order valence-electron chi connectivity index (χ2n) is 6.21. The van der Waals surface area contributed by atoms with Crippen LogP contribution in [-0.4, -0.2) is 50.2 Å². The van der Waals surface area contributed by atoms with Gasteiger partial charge in [-0.15, -0.1) is 24.8 Å². The maximum absolute atomic E-state index is 11.8. The first kappa shape index (κ1) is 21.2. The molecule has 2 fully saturated rings. The van der Waals surface area contributed by atoms with Gasteiger partial charge in [0.1, 0.15) is 0 Å². The number of hydrogen-bond acceptors (Lipinski definition) is 4. The van der Waals surface area contributed by atoms with Crippen LogP contribution < -0.4 is 10.6 Å². The average Bonchev–Trinajstić information content (AvgIpc) is 3.35. The van der Waals surface area contributed by atoms with Gasteiger partial charge in [-0.05, 0) is 43.0 Å². The SMILES string of the molecule is Cl.Cl.O=C(CNCC1CC1)Nc1ccc(CN2CCOCC2)cc1. The number of benzene rings is 1. The molecule has 5 nitrogen and oxygen atoms in total. The Labute approximate surface area is 156 Å². The molecule has 136 valence electrons. The molecule has 1 aromatic carbocycles. The van der Waals surface area contributed by atoms with Crippen molar-refractivity contribution in [2.24, 2.45) is 5.92 Å². The summed E-state index contributed by atoms with van der Waals surface area (Å²) in [7, 11) is 0. The number of amides is 1. The van der Waals surface area contributed by atoms with Crippen LogP contribution in [0.4, 0.5) is 5.69 Å². The number of halogens is 2. The highest BCUT2D eigenvalue weighted by molar-refractivity contribution is 5.92. The average molecular weight is 376 g/mol. The van der Waals surface area contributed by atoms with Crippen molar-refractivity contribution in [3.63, 3.8) is 0 Å².